The molecule has 4 heteroatoms. The predicted octanol–water partition coefficient (Wildman–Crippen LogP) is 3.57. The van der Waals surface area contributed by atoms with Crippen molar-refractivity contribution in [1.29, 1.82) is 0 Å². The monoisotopic (exact) mass is 353 g/mol. The lowest BCUT2D eigenvalue weighted by Crippen LogP contribution is -2.56. The van der Waals surface area contributed by atoms with E-state index in [2.05, 4.69) is 30.3 Å². The number of nitrogens with zero attached hydrogens (tertiary/aromatic N) is 1. The molecule has 0 unspecified atom stereocenters. The number of hydrogen-bond donors (Lipinski definition) is 0. The van der Waals surface area contributed by atoms with Gasteiger partial charge in [0.2, 0.25) is 5.91 Å². The van der Waals surface area contributed by atoms with Gasteiger partial charge in [0.1, 0.15) is 0 Å². The zero-order valence-electron chi connectivity index (χ0n) is 15.4. The summed E-state index contributed by atoms with van der Waals surface area (Å²) in [6, 6.07) is 14.6. The molecule has 1 atom stereocenters. The van der Waals surface area contributed by atoms with Crippen LogP contribution in [-0.4, -0.2) is 49.3 Å². The summed E-state index contributed by atoms with van der Waals surface area (Å²) in [6.07, 6.45) is 4.48. The fourth-order valence-electron chi connectivity index (χ4n) is 4.47. The molecule has 2 aromatic rings. The van der Waals surface area contributed by atoms with Crippen LogP contribution in [0.15, 0.2) is 42.5 Å². The third-order valence-electron chi connectivity index (χ3n) is 6.00. The van der Waals surface area contributed by atoms with Crippen molar-refractivity contribution in [3.05, 3.63) is 48.0 Å². The molecule has 0 N–H and O–H groups in total. The molecule has 1 amide bonds. The second-order valence-corrected chi connectivity index (χ2v) is 7.52. The average molecular weight is 353 g/mol. The topological polar surface area (TPSA) is 38.8 Å². The van der Waals surface area contributed by atoms with Gasteiger partial charge in [0.15, 0.2) is 0 Å². The highest BCUT2D eigenvalue weighted by Crippen LogP contribution is 2.36. The molecular weight excluding hydrogens is 326 g/mol. The minimum Gasteiger partial charge on any atom is -0.378 e. The maximum atomic E-state index is 12.8. The van der Waals surface area contributed by atoms with E-state index in [0.717, 1.165) is 50.9 Å². The van der Waals surface area contributed by atoms with E-state index < -0.39 is 0 Å². The lowest BCUT2D eigenvalue weighted by atomic mass is 9.81. The smallest absolute Gasteiger partial charge is 0.226 e. The van der Waals surface area contributed by atoms with E-state index in [1.807, 2.05) is 17.0 Å². The normalized spacial score (nSPS) is 22.7. The Morgan fingerprint density at radius 3 is 2.73 bits per heavy atom. The second-order valence-electron chi connectivity index (χ2n) is 7.52. The number of hydrogen-bond acceptors (Lipinski definition) is 3. The van der Waals surface area contributed by atoms with E-state index in [0.29, 0.717) is 6.42 Å². The molecule has 2 aliphatic heterocycles. The molecule has 138 valence electrons. The van der Waals surface area contributed by atoms with E-state index >= 15 is 0 Å². The summed E-state index contributed by atoms with van der Waals surface area (Å²) in [5.41, 5.74) is 0.893. The van der Waals surface area contributed by atoms with Gasteiger partial charge in [0.25, 0.3) is 0 Å². The molecule has 4 nitrogen and oxygen atoms in total. The molecule has 2 heterocycles. The maximum Gasteiger partial charge on any atom is 0.226 e. The van der Waals surface area contributed by atoms with Gasteiger partial charge in [-0.2, -0.15) is 0 Å². The van der Waals surface area contributed by atoms with E-state index in [1.165, 1.54) is 10.8 Å². The van der Waals surface area contributed by atoms with Crippen molar-refractivity contribution in [1.82, 2.24) is 4.90 Å². The van der Waals surface area contributed by atoms with Crippen molar-refractivity contribution >= 4 is 16.7 Å². The van der Waals surface area contributed by atoms with E-state index in [1.54, 1.807) is 7.11 Å². The van der Waals surface area contributed by atoms with Crippen molar-refractivity contribution in [2.75, 3.05) is 26.8 Å². The molecule has 4 rings (SSSR count). The summed E-state index contributed by atoms with van der Waals surface area (Å²) in [7, 11) is 1.78. The van der Waals surface area contributed by atoms with Gasteiger partial charge in [-0.3, -0.25) is 4.79 Å². The molecule has 0 radical (unpaired) electrons. The highest BCUT2D eigenvalue weighted by molar-refractivity contribution is 5.85. The Balaban J connectivity index is 1.40. The zero-order chi connectivity index (χ0) is 18.0. The van der Waals surface area contributed by atoms with Gasteiger partial charge in [-0.15, -0.1) is 0 Å². The second kappa shape index (κ2) is 7.37. The molecule has 2 fully saturated rings. The van der Waals surface area contributed by atoms with Crippen molar-refractivity contribution in [3.63, 3.8) is 0 Å². The molecule has 0 bridgehead atoms. The van der Waals surface area contributed by atoms with Gasteiger partial charge in [-0.25, -0.2) is 0 Å². The number of likely N-dealkylation sites (tertiary alicyclic amines) is 1. The summed E-state index contributed by atoms with van der Waals surface area (Å²) >= 11 is 0. The first-order valence-electron chi connectivity index (χ1n) is 9.62. The highest BCUT2D eigenvalue weighted by atomic mass is 16.5. The number of amides is 1. The lowest BCUT2D eigenvalue weighted by Gasteiger charge is -2.48. The van der Waals surface area contributed by atoms with E-state index in [9.17, 15) is 4.79 Å². The van der Waals surface area contributed by atoms with Crippen molar-refractivity contribution in [3.8, 4) is 0 Å². The first kappa shape index (κ1) is 17.5. The number of carbonyl (C=O) groups is 1. The summed E-state index contributed by atoms with van der Waals surface area (Å²) in [6.45, 7) is 2.32. The van der Waals surface area contributed by atoms with Crippen LogP contribution in [0.1, 0.15) is 31.2 Å². The number of benzene rings is 2. The fraction of sp³-hybridized carbons (Fsp3) is 0.500. The molecule has 2 saturated heterocycles. The summed E-state index contributed by atoms with van der Waals surface area (Å²) < 4.78 is 11.8. The van der Waals surface area contributed by atoms with Gasteiger partial charge in [-0.1, -0.05) is 42.5 Å². The third kappa shape index (κ3) is 3.36. The summed E-state index contributed by atoms with van der Waals surface area (Å²) in [4.78, 5) is 14.8. The van der Waals surface area contributed by atoms with Crippen molar-refractivity contribution < 1.29 is 14.3 Å². The first-order chi connectivity index (χ1) is 12.7. The molecule has 1 spiro atoms. The summed E-state index contributed by atoms with van der Waals surface area (Å²) in [5, 5.41) is 2.40. The Hall–Kier alpha value is -1.91. The molecule has 26 heavy (non-hydrogen) atoms. The largest absolute Gasteiger partial charge is 0.378 e. The Kier molecular flexibility index (Phi) is 4.96. The van der Waals surface area contributed by atoms with Crippen LogP contribution in [-0.2, 0) is 20.7 Å². The number of ether oxygens (including phenoxy) is 2. The Morgan fingerprint density at radius 2 is 1.96 bits per heavy atom. The van der Waals surface area contributed by atoms with Gasteiger partial charge in [0.05, 0.1) is 18.1 Å². The lowest BCUT2D eigenvalue weighted by molar-refractivity contribution is -0.188. The van der Waals surface area contributed by atoms with Crippen LogP contribution >= 0.6 is 0 Å². The van der Waals surface area contributed by atoms with Crippen molar-refractivity contribution in [2.45, 2.75) is 43.8 Å². The van der Waals surface area contributed by atoms with Gasteiger partial charge in [-0.05, 0) is 42.0 Å². The van der Waals surface area contributed by atoms with Gasteiger partial charge >= 0.3 is 0 Å². The molecular formula is C22H27NO3. The van der Waals surface area contributed by atoms with Crippen LogP contribution in [0.3, 0.4) is 0 Å². The first-order valence-corrected chi connectivity index (χ1v) is 9.62. The quantitative estimate of drug-likeness (QED) is 0.847. The van der Waals surface area contributed by atoms with E-state index in [-0.39, 0.29) is 17.6 Å². The average Bonchev–Trinajstić information content (AvgIpc) is 2.69. The molecule has 0 aliphatic carbocycles. The SMILES string of the molecule is CO[C@H]1CCCOC12CCN(C(=O)Cc1ccc3ccccc3c1)CC2. The molecule has 0 saturated carbocycles. The highest BCUT2D eigenvalue weighted by Gasteiger charge is 2.45. The van der Waals surface area contributed by atoms with Crippen LogP contribution in [0.5, 0.6) is 0 Å². The number of fused-ring (bicyclic) bond motifs is 1. The number of rotatable bonds is 3. The minimum atomic E-state index is -0.188. The predicted molar refractivity (Wildman–Crippen MR) is 102 cm³/mol. The number of carbonyl (C=O) groups excluding carboxylic acids is 1. The molecule has 0 aromatic heterocycles. The van der Waals surface area contributed by atoms with Crippen LogP contribution in [0.25, 0.3) is 10.8 Å². The van der Waals surface area contributed by atoms with Crippen LogP contribution in [0, 0.1) is 0 Å². The number of piperidine rings is 1. The fourth-order valence-corrected chi connectivity index (χ4v) is 4.47. The standard InChI is InChI=1S/C22H27NO3/c1-25-20-7-4-14-26-22(20)10-12-23(13-11-22)21(24)16-17-8-9-18-5-2-3-6-19(18)15-17/h2-3,5-6,8-9,15,20H,4,7,10-14,16H2,1H3/t20-/m0/s1. The number of methoxy groups -OCH3 is 1. The van der Waals surface area contributed by atoms with Gasteiger partial charge < -0.3 is 14.4 Å². The Morgan fingerprint density at radius 1 is 1.19 bits per heavy atom. The molecule has 2 aromatic carbocycles. The summed E-state index contributed by atoms with van der Waals surface area (Å²) in [5.74, 6) is 0.208. The van der Waals surface area contributed by atoms with Crippen LogP contribution < -0.4 is 0 Å². The van der Waals surface area contributed by atoms with Gasteiger partial charge in [0, 0.05) is 26.8 Å². The van der Waals surface area contributed by atoms with Crippen LogP contribution in [0.4, 0.5) is 0 Å². The Labute approximate surface area is 155 Å². The van der Waals surface area contributed by atoms with Crippen LogP contribution in [0.2, 0.25) is 0 Å². The third-order valence-corrected chi connectivity index (χ3v) is 6.00. The zero-order valence-corrected chi connectivity index (χ0v) is 15.4. The van der Waals surface area contributed by atoms with E-state index in [4.69, 9.17) is 9.47 Å². The molecule has 2 aliphatic rings. The Bertz CT molecular complexity index is 780. The maximum absolute atomic E-state index is 12.8. The minimum absolute atomic E-state index is 0.161. The van der Waals surface area contributed by atoms with Crippen molar-refractivity contribution in [2.24, 2.45) is 0 Å².